The molecular formula is C18H25NO7S2. The summed E-state index contributed by atoms with van der Waals surface area (Å²) in [7, 11) is -7.92. The maximum Gasteiger partial charge on any atom is 0.318 e. The smallest absolute Gasteiger partial charge is 0.318 e. The second-order valence-corrected chi connectivity index (χ2v) is 11.6. The van der Waals surface area contributed by atoms with Crippen LogP contribution in [0, 0.1) is 0 Å². The number of nitrogens with zero attached hydrogens (tertiary/aromatic N) is 1. The molecular weight excluding hydrogens is 406 g/mol. The van der Waals surface area contributed by atoms with Crippen molar-refractivity contribution in [1.29, 1.82) is 0 Å². The van der Waals surface area contributed by atoms with E-state index in [2.05, 4.69) is 0 Å². The van der Waals surface area contributed by atoms with Crippen LogP contribution in [0.5, 0.6) is 0 Å². The Morgan fingerprint density at radius 1 is 1.07 bits per heavy atom. The van der Waals surface area contributed by atoms with Crippen LogP contribution in [0.3, 0.4) is 0 Å². The van der Waals surface area contributed by atoms with Crippen molar-refractivity contribution in [3.05, 3.63) is 29.8 Å². The number of carbonyl (C=O) groups is 1. The minimum atomic E-state index is -4.28. The summed E-state index contributed by atoms with van der Waals surface area (Å²) in [5, 5.41) is 19.2. The first-order valence-corrected chi connectivity index (χ1v) is 12.6. The summed E-state index contributed by atoms with van der Waals surface area (Å²) in [6, 6.07) is 5.03. The van der Waals surface area contributed by atoms with Crippen molar-refractivity contribution in [2.75, 3.05) is 18.1 Å². The Morgan fingerprint density at radius 3 is 2.18 bits per heavy atom. The van der Waals surface area contributed by atoms with Crippen molar-refractivity contribution >= 4 is 25.8 Å². The highest BCUT2D eigenvalue weighted by molar-refractivity contribution is 7.92. The molecule has 3 rings (SSSR count). The number of carboxylic acid groups (broad SMARTS) is 1. The molecule has 1 aromatic carbocycles. The van der Waals surface area contributed by atoms with E-state index in [0.717, 1.165) is 31.2 Å². The van der Waals surface area contributed by atoms with Crippen molar-refractivity contribution in [1.82, 2.24) is 4.31 Å². The maximum atomic E-state index is 13.1. The molecule has 8 nitrogen and oxygen atoms in total. The lowest BCUT2D eigenvalue weighted by Crippen LogP contribution is -2.48. The van der Waals surface area contributed by atoms with Crippen molar-refractivity contribution in [3.8, 4) is 0 Å². The van der Waals surface area contributed by atoms with Gasteiger partial charge in [-0.05, 0) is 36.5 Å². The third-order valence-electron chi connectivity index (χ3n) is 5.52. The number of aliphatic hydroxyl groups excluding tert-OH is 1. The molecule has 0 unspecified atom stereocenters. The van der Waals surface area contributed by atoms with Crippen LogP contribution >= 0.6 is 0 Å². The molecule has 1 saturated heterocycles. The fourth-order valence-electron chi connectivity index (χ4n) is 4.08. The van der Waals surface area contributed by atoms with Crippen LogP contribution in [0.1, 0.15) is 43.6 Å². The average Bonchev–Trinajstić information content (AvgIpc) is 2.92. The fraction of sp³-hybridized carbons (Fsp3) is 0.611. The molecule has 0 aromatic heterocycles. The monoisotopic (exact) mass is 431 g/mol. The Hall–Kier alpha value is -1.49. The van der Waals surface area contributed by atoms with Gasteiger partial charge in [0.15, 0.2) is 9.84 Å². The molecule has 1 saturated carbocycles. The van der Waals surface area contributed by atoms with Gasteiger partial charge in [0, 0.05) is 0 Å². The van der Waals surface area contributed by atoms with Gasteiger partial charge in [0.05, 0.1) is 28.5 Å². The molecule has 2 atom stereocenters. The zero-order valence-corrected chi connectivity index (χ0v) is 17.0. The predicted octanol–water partition coefficient (Wildman–Crippen LogP) is 0.968. The fourth-order valence-corrected chi connectivity index (χ4v) is 7.58. The molecule has 2 fully saturated rings. The number of benzene rings is 1. The lowest BCUT2D eigenvalue weighted by atomic mass is 9.84. The summed E-state index contributed by atoms with van der Waals surface area (Å²) < 4.78 is 50.3. The van der Waals surface area contributed by atoms with E-state index in [1.165, 1.54) is 18.6 Å². The summed E-state index contributed by atoms with van der Waals surface area (Å²) in [6.45, 7) is -0.913. The number of aliphatic hydroxyl groups is 1. The Bertz CT molecular complexity index is 919. The van der Waals surface area contributed by atoms with Gasteiger partial charge < -0.3 is 10.2 Å². The first kappa shape index (κ1) is 21.2. The first-order chi connectivity index (χ1) is 13.1. The lowest BCUT2D eigenvalue weighted by Gasteiger charge is -2.28. The molecule has 2 aliphatic rings. The summed E-state index contributed by atoms with van der Waals surface area (Å²) in [4.78, 5) is 11.1. The molecule has 28 heavy (non-hydrogen) atoms. The van der Waals surface area contributed by atoms with Gasteiger partial charge in [0.1, 0.15) is 6.54 Å². The van der Waals surface area contributed by atoms with Gasteiger partial charge in [-0.25, -0.2) is 16.8 Å². The Balaban J connectivity index is 1.89. The van der Waals surface area contributed by atoms with E-state index in [-0.39, 0.29) is 4.90 Å². The van der Waals surface area contributed by atoms with Crippen LogP contribution in [0.2, 0.25) is 0 Å². The van der Waals surface area contributed by atoms with Crippen molar-refractivity contribution in [2.45, 2.75) is 55.1 Å². The topological polar surface area (TPSA) is 129 Å². The van der Waals surface area contributed by atoms with Gasteiger partial charge >= 0.3 is 5.97 Å². The largest absolute Gasteiger partial charge is 0.480 e. The highest BCUT2D eigenvalue weighted by Crippen LogP contribution is 2.33. The van der Waals surface area contributed by atoms with Gasteiger partial charge in [0.2, 0.25) is 10.0 Å². The van der Waals surface area contributed by atoms with Crippen LogP contribution in [0.4, 0.5) is 0 Å². The molecule has 1 aliphatic heterocycles. The zero-order chi connectivity index (χ0) is 20.5. The molecule has 1 aromatic rings. The quantitative estimate of drug-likeness (QED) is 0.686. The van der Waals surface area contributed by atoms with Crippen molar-refractivity contribution in [2.24, 2.45) is 0 Å². The Labute approximate surface area is 165 Å². The number of aliphatic carboxylic acids is 1. The van der Waals surface area contributed by atoms with Gasteiger partial charge in [-0.15, -0.1) is 0 Å². The molecule has 10 heteroatoms. The van der Waals surface area contributed by atoms with E-state index >= 15 is 0 Å². The van der Waals surface area contributed by atoms with Gasteiger partial charge in [0.25, 0.3) is 0 Å². The highest BCUT2D eigenvalue weighted by Gasteiger charge is 2.45. The summed E-state index contributed by atoms with van der Waals surface area (Å²) in [5.74, 6) is -2.20. The number of rotatable bonds is 6. The molecule has 2 N–H and O–H groups in total. The molecule has 0 spiro atoms. The average molecular weight is 432 g/mol. The van der Waals surface area contributed by atoms with Gasteiger partial charge in [-0.1, -0.05) is 31.4 Å². The number of hydrogen-bond donors (Lipinski definition) is 2. The van der Waals surface area contributed by atoms with E-state index in [1.807, 2.05) is 0 Å². The van der Waals surface area contributed by atoms with Crippen LogP contribution < -0.4 is 0 Å². The minimum absolute atomic E-state index is 0.107. The summed E-state index contributed by atoms with van der Waals surface area (Å²) >= 11 is 0. The maximum absolute atomic E-state index is 13.1. The third-order valence-corrected chi connectivity index (χ3v) is 9.10. The van der Waals surface area contributed by atoms with E-state index < -0.39 is 56.0 Å². The van der Waals surface area contributed by atoms with E-state index in [9.17, 15) is 26.7 Å². The normalized spacial score (nSPS) is 25.8. The van der Waals surface area contributed by atoms with Crippen molar-refractivity contribution < 1.29 is 31.8 Å². The summed E-state index contributed by atoms with van der Waals surface area (Å²) in [5.41, 5.74) is 1.05. The van der Waals surface area contributed by atoms with E-state index in [0.29, 0.717) is 10.2 Å². The number of sulfone groups is 1. The van der Waals surface area contributed by atoms with Crippen LogP contribution in [0.25, 0.3) is 0 Å². The molecule has 156 valence electrons. The molecule has 0 amide bonds. The molecule has 0 bridgehead atoms. The van der Waals surface area contributed by atoms with Crippen molar-refractivity contribution in [3.63, 3.8) is 0 Å². The van der Waals surface area contributed by atoms with E-state index in [4.69, 9.17) is 5.11 Å². The third kappa shape index (κ3) is 4.56. The standard InChI is InChI=1S/C18H25NO7S2/c20-17-12-27(23,24)11-16(17)19(10-18(21)22)28(25,26)15-8-6-14(7-9-15)13-4-2-1-3-5-13/h6-9,13,16-17,20H,1-5,10-12H2,(H,21,22)/t16-,17-/m1/s1. The first-order valence-electron chi connectivity index (χ1n) is 9.32. The van der Waals surface area contributed by atoms with Crippen LogP contribution in [-0.4, -0.2) is 67.5 Å². The van der Waals surface area contributed by atoms with Gasteiger partial charge in [-0.2, -0.15) is 4.31 Å². The minimum Gasteiger partial charge on any atom is -0.480 e. The van der Waals surface area contributed by atoms with E-state index in [1.54, 1.807) is 12.1 Å². The lowest BCUT2D eigenvalue weighted by molar-refractivity contribution is -0.137. The SMILES string of the molecule is O=C(O)CN([C@@H]1CS(=O)(=O)C[C@H]1O)S(=O)(=O)c1ccc(C2CCCCC2)cc1. The number of sulfonamides is 1. The van der Waals surface area contributed by atoms with Crippen LogP contribution in [0.15, 0.2) is 29.2 Å². The highest BCUT2D eigenvalue weighted by atomic mass is 32.2. The second-order valence-electron chi connectivity index (χ2n) is 7.56. The molecule has 1 heterocycles. The Morgan fingerprint density at radius 2 is 1.68 bits per heavy atom. The zero-order valence-electron chi connectivity index (χ0n) is 15.4. The summed E-state index contributed by atoms with van der Waals surface area (Å²) in [6.07, 6.45) is 4.16. The Kier molecular flexibility index (Phi) is 6.14. The second kappa shape index (κ2) is 8.10. The predicted molar refractivity (Wildman–Crippen MR) is 102 cm³/mol. The molecule has 1 aliphatic carbocycles. The molecule has 0 radical (unpaired) electrons. The number of carboxylic acids is 1. The number of hydrogen-bond acceptors (Lipinski definition) is 6. The van der Waals surface area contributed by atoms with Gasteiger partial charge in [-0.3, -0.25) is 4.79 Å². The van der Waals surface area contributed by atoms with Crippen LogP contribution in [-0.2, 0) is 24.7 Å².